The maximum absolute atomic E-state index is 4.54. The van der Waals surface area contributed by atoms with Crippen LogP contribution in [-0.2, 0) is 0 Å². The summed E-state index contributed by atoms with van der Waals surface area (Å²) >= 11 is 2.24. The van der Waals surface area contributed by atoms with Crippen LogP contribution < -0.4 is 5.32 Å². The second-order valence-corrected chi connectivity index (χ2v) is 4.75. The average Bonchev–Trinajstić information content (AvgIpc) is 2.64. The van der Waals surface area contributed by atoms with Gasteiger partial charge < -0.3 is 5.32 Å². The molecule has 80 valence electrons. The molecule has 0 amide bonds. The molecule has 0 aliphatic rings. The summed E-state index contributed by atoms with van der Waals surface area (Å²) in [6, 6.07) is 6.05. The number of nitrogens with zero attached hydrogens (tertiary/aromatic N) is 3. The van der Waals surface area contributed by atoms with Crippen LogP contribution in [0.25, 0.3) is 16.8 Å². The molecule has 3 rings (SSSR count). The summed E-state index contributed by atoms with van der Waals surface area (Å²) in [7, 11) is 1.90. The lowest BCUT2D eigenvalue weighted by molar-refractivity contribution is 1.18. The van der Waals surface area contributed by atoms with E-state index in [0.717, 1.165) is 26.1 Å². The number of halogens is 1. The van der Waals surface area contributed by atoms with Crippen LogP contribution in [0.15, 0.2) is 30.6 Å². The van der Waals surface area contributed by atoms with Crippen molar-refractivity contribution in [1.29, 1.82) is 0 Å². The van der Waals surface area contributed by atoms with Crippen LogP contribution in [0, 0.1) is 3.57 Å². The highest BCUT2D eigenvalue weighted by Gasteiger charge is 2.05. The van der Waals surface area contributed by atoms with E-state index < -0.39 is 0 Å². The standard InChI is InChI=1S/C11H9IN4/c1-13-8-2-3-16-10(5-8)15-9-4-7(12)6-14-11(9)16/h2-6,13H,1H3/i12-4. The molecule has 0 spiro atoms. The minimum absolute atomic E-state index is 0.901. The number of anilines is 1. The molecule has 0 saturated carbocycles. The van der Waals surface area contributed by atoms with Gasteiger partial charge in [-0.25, -0.2) is 9.97 Å². The van der Waals surface area contributed by atoms with Gasteiger partial charge in [-0.15, -0.1) is 0 Å². The van der Waals surface area contributed by atoms with Crippen molar-refractivity contribution in [2.75, 3.05) is 12.4 Å². The predicted molar refractivity (Wildman–Crippen MR) is 72.8 cm³/mol. The first-order chi connectivity index (χ1) is 7.78. The summed E-state index contributed by atoms with van der Waals surface area (Å²) in [5.74, 6) is 0. The van der Waals surface area contributed by atoms with Gasteiger partial charge in [0.15, 0.2) is 5.65 Å². The second-order valence-electron chi connectivity index (χ2n) is 3.50. The fourth-order valence-electron chi connectivity index (χ4n) is 1.72. The minimum atomic E-state index is 0.901. The van der Waals surface area contributed by atoms with Gasteiger partial charge in [0.1, 0.15) is 11.2 Å². The Hall–Kier alpha value is -1.37. The van der Waals surface area contributed by atoms with Crippen molar-refractivity contribution in [2.45, 2.75) is 0 Å². The third-order valence-electron chi connectivity index (χ3n) is 2.50. The van der Waals surface area contributed by atoms with E-state index >= 15 is 0 Å². The largest absolute Gasteiger partial charge is 0.388 e. The number of nitrogens with one attached hydrogen (secondary N) is 1. The van der Waals surface area contributed by atoms with Gasteiger partial charge in [-0.1, -0.05) is 0 Å². The van der Waals surface area contributed by atoms with Gasteiger partial charge in [0, 0.05) is 34.8 Å². The van der Waals surface area contributed by atoms with Crippen molar-refractivity contribution in [1.82, 2.24) is 14.4 Å². The van der Waals surface area contributed by atoms with Crippen molar-refractivity contribution in [3.63, 3.8) is 0 Å². The number of hydrogen-bond acceptors (Lipinski definition) is 3. The number of imidazole rings is 1. The third-order valence-corrected chi connectivity index (χ3v) is 3.09. The molecule has 0 aliphatic heterocycles. The summed E-state index contributed by atoms with van der Waals surface area (Å²) in [5, 5.41) is 3.10. The molecule has 4 nitrogen and oxygen atoms in total. The second kappa shape index (κ2) is 3.58. The van der Waals surface area contributed by atoms with Crippen LogP contribution in [0.5, 0.6) is 0 Å². The maximum Gasteiger partial charge on any atom is 0.164 e. The average molecular weight is 320 g/mol. The molecule has 0 fully saturated rings. The quantitative estimate of drug-likeness (QED) is 0.701. The summed E-state index contributed by atoms with van der Waals surface area (Å²) < 4.78 is 3.09. The van der Waals surface area contributed by atoms with Crippen LogP contribution in [0.4, 0.5) is 5.69 Å². The molecule has 16 heavy (non-hydrogen) atoms. The number of hydrogen-bond donors (Lipinski definition) is 1. The van der Waals surface area contributed by atoms with E-state index in [4.69, 9.17) is 0 Å². The number of fused-ring (bicyclic) bond motifs is 3. The Morgan fingerprint density at radius 2 is 2.25 bits per heavy atom. The molecule has 0 radical (unpaired) electrons. The highest BCUT2D eigenvalue weighted by atomic mass is 123. The molecule has 0 aliphatic carbocycles. The normalized spacial score (nSPS) is 11.1. The van der Waals surface area contributed by atoms with E-state index in [1.165, 1.54) is 0 Å². The molecule has 0 saturated heterocycles. The fourth-order valence-corrected chi connectivity index (χ4v) is 2.16. The Kier molecular flexibility index (Phi) is 2.20. The third kappa shape index (κ3) is 1.42. The molecule has 3 aromatic rings. The molecular weight excluding hydrogens is 311 g/mol. The molecule has 3 aromatic heterocycles. The lowest BCUT2D eigenvalue weighted by Crippen LogP contribution is -1.91. The van der Waals surface area contributed by atoms with E-state index in [9.17, 15) is 0 Å². The van der Waals surface area contributed by atoms with Crippen LogP contribution in [-0.4, -0.2) is 21.4 Å². The Bertz CT molecular complexity index is 674. The summed E-state index contributed by atoms with van der Waals surface area (Å²) in [5.41, 5.74) is 3.80. The highest BCUT2D eigenvalue weighted by molar-refractivity contribution is 14.1. The van der Waals surface area contributed by atoms with Crippen LogP contribution in [0.2, 0.25) is 0 Å². The van der Waals surface area contributed by atoms with Gasteiger partial charge in [0.2, 0.25) is 0 Å². The summed E-state index contributed by atoms with van der Waals surface area (Å²) in [6.45, 7) is 0. The zero-order chi connectivity index (χ0) is 11.1. The molecule has 3 heterocycles. The van der Waals surface area contributed by atoms with E-state index in [1.807, 2.05) is 42.0 Å². The highest BCUT2D eigenvalue weighted by Crippen LogP contribution is 2.18. The Labute approximate surface area is 106 Å². The number of rotatable bonds is 1. The minimum Gasteiger partial charge on any atom is -0.388 e. The predicted octanol–water partition coefficient (Wildman–Crippen LogP) is 2.53. The van der Waals surface area contributed by atoms with Gasteiger partial charge in [-0.2, -0.15) is 0 Å². The fraction of sp³-hybridized carbons (Fsp3) is 0.0909. The van der Waals surface area contributed by atoms with Crippen molar-refractivity contribution in [2.24, 2.45) is 0 Å². The van der Waals surface area contributed by atoms with Gasteiger partial charge in [-0.3, -0.25) is 4.40 Å². The Morgan fingerprint density at radius 3 is 3.06 bits per heavy atom. The molecular formula is C11H9IN4. The van der Waals surface area contributed by atoms with Gasteiger partial charge >= 0.3 is 0 Å². The van der Waals surface area contributed by atoms with Gasteiger partial charge in [0.05, 0.1) is 0 Å². The van der Waals surface area contributed by atoms with Gasteiger partial charge in [-0.05, 0) is 34.7 Å². The molecule has 1 N–H and O–H groups in total. The Morgan fingerprint density at radius 1 is 1.38 bits per heavy atom. The first kappa shape index (κ1) is 9.83. The zero-order valence-electron chi connectivity index (χ0n) is 8.61. The molecule has 0 atom stereocenters. The molecule has 0 aromatic carbocycles. The zero-order valence-corrected chi connectivity index (χ0v) is 10.8. The van der Waals surface area contributed by atoms with Crippen LogP contribution in [0.1, 0.15) is 0 Å². The van der Waals surface area contributed by atoms with E-state index in [-0.39, 0.29) is 0 Å². The first-order valence-corrected chi connectivity index (χ1v) is 5.97. The van der Waals surface area contributed by atoms with E-state index in [1.54, 1.807) is 0 Å². The smallest absolute Gasteiger partial charge is 0.164 e. The lowest BCUT2D eigenvalue weighted by Gasteiger charge is -1.99. The summed E-state index contributed by atoms with van der Waals surface area (Å²) in [4.78, 5) is 8.94. The van der Waals surface area contributed by atoms with E-state index in [0.29, 0.717) is 0 Å². The SMILES string of the molecule is CNc1ccn2c(c1)nc1cc([123I])cnc12. The topological polar surface area (TPSA) is 42.2 Å². The van der Waals surface area contributed by atoms with Crippen molar-refractivity contribution < 1.29 is 0 Å². The Balaban J connectivity index is 2.40. The lowest BCUT2D eigenvalue weighted by atomic mass is 10.4. The number of pyridine rings is 2. The van der Waals surface area contributed by atoms with E-state index in [2.05, 4.69) is 37.9 Å². The summed E-state index contributed by atoms with van der Waals surface area (Å²) in [6.07, 6.45) is 3.83. The molecule has 5 heteroatoms. The molecule has 0 unspecified atom stereocenters. The molecule has 0 bridgehead atoms. The number of aromatic nitrogens is 3. The monoisotopic (exact) mass is 320 g/mol. The van der Waals surface area contributed by atoms with Crippen LogP contribution in [0.3, 0.4) is 0 Å². The van der Waals surface area contributed by atoms with Crippen molar-refractivity contribution >= 4 is 45.1 Å². The first-order valence-electron chi connectivity index (χ1n) is 4.89. The maximum atomic E-state index is 4.54. The van der Waals surface area contributed by atoms with Crippen molar-refractivity contribution in [3.05, 3.63) is 34.2 Å². The van der Waals surface area contributed by atoms with Gasteiger partial charge in [0.25, 0.3) is 0 Å². The van der Waals surface area contributed by atoms with Crippen molar-refractivity contribution in [3.8, 4) is 0 Å². The van der Waals surface area contributed by atoms with Crippen LogP contribution >= 0.6 is 22.6 Å².